The van der Waals surface area contributed by atoms with E-state index in [-0.39, 0.29) is 19.4 Å². The van der Waals surface area contributed by atoms with Crippen LogP contribution < -0.4 is 6.15 Å². The van der Waals surface area contributed by atoms with Crippen molar-refractivity contribution in [2.45, 2.75) is 0 Å². The second-order valence-corrected chi connectivity index (χ2v) is 1.43. The molecule has 0 saturated carbocycles. The van der Waals surface area contributed by atoms with Gasteiger partial charge in [-0.2, -0.15) is 0 Å². The molecule has 6 nitrogen and oxygen atoms in total. The molecule has 0 amide bonds. The van der Waals surface area contributed by atoms with Gasteiger partial charge in [-0.3, -0.25) is 0 Å². The summed E-state index contributed by atoms with van der Waals surface area (Å²) in [5.41, 5.74) is 0. The number of carboxylic acids is 1. The number of hydrogen-bond acceptors (Lipinski definition) is 5. The van der Waals surface area contributed by atoms with E-state index in [0.717, 1.165) is 0 Å². The second-order valence-electron chi connectivity index (χ2n) is 1.43. The lowest BCUT2D eigenvalue weighted by molar-refractivity contribution is -0.164. The van der Waals surface area contributed by atoms with E-state index in [0.29, 0.717) is 0 Å². The summed E-state index contributed by atoms with van der Waals surface area (Å²) in [4.78, 5) is 19.9. The first kappa shape index (κ1) is 12.5. The number of carboxylic acid groups (broad SMARTS) is 1. The highest BCUT2D eigenvalue weighted by molar-refractivity contribution is 6.28. The maximum Gasteiger partial charge on any atom is 0.417 e. The second kappa shape index (κ2) is 6.97. The molecule has 0 fully saturated rings. The molecule has 6 heteroatoms. The number of aliphatic carboxylic acids is 1. The number of esters is 1. The molecular formula is C5H11NO5. The third kappa shape index (κ3) is 6.75. The number of ether oxygens (including phenoxy) is 2. The number of carbonyl (C=O) groups excluding carboxylic acids is 1. The van der Waals surface area contributed by atoms with Crippen molar-refractivity contribution in [2.24, 2.45) is 0 Å². The first-order chi connectivity index (χ1) is 4.68. The Bertz CT molecular complexity index is 135. The van der Waals surface area contributed by atoms with Gasteiger partial charge in [0.25, 0.3) is 0 Å². The fourth-order valence-corrected chi connectivity index (χ4v) is 0.279. The highest BCUT2D eigenvalue weighted by Gasteiger charge is 2.11. The largest absolute Gasteiger partial charge is 0.473 e. The number of rotatable bonds is 3. The Morgan fingerprint density at radius 3 is 2.27 bits per heavy atom. The van der Waals surface area contributed by atoms with Crippen molar-refractivity contribution in [3.8, 4) is 0 Å². The van der Waals surface area contributed by atoms with Crippen molar-refractivity contribution in [1.82, 2.24) is 6.15 Å². The summed E-state index contributed by atoms with van der Waals surface area (Å²) in [5, 5.41) is 7.97. The third-order valence-corrected chi connectivity index (χ3v) is 0.695. The predicted molar refractivity (Wildman–Crippen MR) is 35.5 cm³/mol. The van der Waals surface area contributed by atoms with E-state index < -0.39 is 11.9 Å². The van der Waals surface area contributed by atoms with Gasteiger partial charge in [0.2, 0.25) is 0 Å². The quantitative estimate of drug-likeness (QED) is 0.329. The van der Waals surface area contributed by atoms with Crippen LogP contribution in [-0.4, -0.2) is 37.4 Å². The Morgan fingerprint density at radius 2 is 1.91 bits per heavy atom. The van der Waals surface area contributed by atoms with Crippen molar-refractivity contribution in [2.75, 3.05) is 20.3 Å². The highest BCUT2D eigenvalue weighted by Crippen LogP contribution is 1.78. The van der Waals surface area contributed by atoms with Gasteiger partial charge in [0.05, 0.1) is 6.61 Å². The smallest absolute Gasteiger partial charge is 0.417 e. The summed E-state index contributed by atoms with van der Waals surface area (Å²) >= 11 is 0. The van der Waals surface area contributed by atoms with Crippen LogP contribution in [0.1, 0.15) is 0 Å². The average Bonchev–Trinajstić information content (AvgIpc) is 1.88. The summed E-state index contributed by atoms with van der Waals surface area (Å²) in [6, 6.07) is 0. The van der Waals surface area contributed by atoms with Crippen LogP contribution in [0.5, 0.6) is 0 Å². The van der Waals surface area contributed by atoms with Crippen LogP contribution in [-0.2, 0) is 19.1 Å². The van der Waals surface area contributed by atoms with Crippen molar-refractivity contribution < 1.29 is 24.2 Å². The molecule has 0 heterocycles. The van der Waals surface area contributed by atoms with E-state index >= 15 is 0 Å². The molecule has 0 spiro atoms. The van der Waals surface area contributed by atoms with Crippen LogP contribution in [0.4, 0.5) is 0 Å². The van der Waals surface area contributed by atoms with Gasteiger partial charge >= 0.3 is 11.9 Å². The Labute approximate surface area is 63.7 Å². The molecule has 4 N–H and O–H groups in total. The molecule has 0 aliphatic rings. The van der Waals surface area contributed by atoms with Gasteiger partial charge in [0.15, 0.2) is 0 Å². The molecule has 0 aliphatic carbocycles. The van der Waals surface area contributed by atoms with Crippen molar-refractivity contribution in [1.29, 1.82) is 0 Å². The average molecular weight is 165 g/mol. The van der Waals surface area contributed by atoms with Crippen LogP contribution in [0.25, 0.3) is 0 Å². The topological polar surface area (TPSA) is 108 Å². The third-order valence-electron chi connectivity index (χ3n) is 0.695. The van der Waals surface area contributed by atoms with E-state index in [1.807, 2.05) is 0 Å². The lowest BCUT2D eigenvalue weighted by Gasteiger charge is -1.98. The van der Waals surface area contributed by atoms with Crippen LogP contribution in [0.3, 0.4) is 0 Å². The minimum Gasteiger partial charge on any atom is -0.473 e. The maximum atomic E-state index is 10.1. The molecule has 0 aromatic rings. The zero-order chi connectivity index (χ0) is 7.98. The Hall–Kier alpha value is -1.14. The molecule has 0 aliphatic heterocycles. The first-order valence-electron chi connectivity index (χ1n) is 2.57. The van der Waals surface area contributed by atoms with Crippen LogP contribution in [0, 0.1) is 0 Å². The van der Waals surface area contributed by atoms with E-state index in [4.69, 9.17) is 5.11 Å². The van der Waals surface area contributed by atoms with E-state index in [1.165, 1.54) is 7.11 Å². The molecule has 0 aromatic carbocycles. The SMILES string of the molecule is COCCOC(=O)C(=O)O.N. The monoisotopic (exact) mass is 165 g/mol. The summed E-state index contributed by atoms with van der Waals surface area (Å²) in [6.07, 6.45) is 0. The number of methoxy groups -OCH3 is 1. The lowest BCUT2D eigenvalue weighted by atomic mass is 10.7. The fraction of sp³-hybridized carbons (Fsp3) is 0.600. The van der Waals surface area contributed by atoms with Gasteiger partial charge < -0.3 is 20.7 Å². The van der Waals surface area contributed by atoms with Crippen LogP contribution >= 0.6 is 0 Å². The van der Waals surface area contributed by atoms with E-state index in [9.17, 15) is 9.59 Å². The van der Waals surface area contributed by atoms with Crippen molar-refractivity contribution >= 4 is 11.9 Å². The normalized spacial score (nSPS) is 8.09. The van der Waals surface area contributed by atoms with Gasteiger partial charge in [-0.05, 0) is 0 Å². The van der Waals surface area contributed by atoms with Gasteiger partial charge in [0, 0.05) is 7.11 Å². The predicted octanol–water partition coefficient (Wildman–Crippen LogP) is -0.577. The molecule has 11 heavy (non-hydrogen) atoms. The van der Waals surface area contributed by atoms with Crippen molar-refractivity contribution in [3.63, 3.8) is 0 Å². The Balaban J connectivity index is 0. The molecule has 0 rings (SSSR count). The zero-order valence-electron chi connectivity index (χ0n) is 6.20. The van der Waals surface area contributed by atoms with Crippen LogP contribution in [0.2, 0.25) is 0 Å². The fourth-order valence-electron chi connectivity index (χ4n) is 0.279. The number of carbonyl (C=O) groups is 2. The van der Waals surface area contributed by atoms with Gasteiger partial charge in [-0.15, -0.1) is 0 Å². The summed E-state index contributed by atoms with van der Waals surface area (Å²) in [5.74, 6) is -2.84. The van der Waals surface area contributed by atoms with Gasteiger partial charge in [0.1, 0.15) is 6.61 Å². The van der Waals surface area contributed by atoms with E-state index in [2.05, 4.69) is 9.47 Å². The Morgan fingerprint density at radius 1 is 1.36 bits per heavy atom. The summed E-state index contributed by atoms with van der Waals surface area (Å²) in [7, 11) is 1.43. The van der Waals surface area contributed by atoms with Crippen molar-refractivity contribution in [3.05, 3.63) is 0 Å². The van der Waals surface area contributed by atoms with Crippen LogP contribution in [0.15, 0.2) is 0 Å². The number of hydrogen-bond donors (Lipinski definition) is 2. The summed E-state index contributed by atoms with van der Waals surface area (Å²) in [6.45, 7) is 0.181. The van der Waals surface area contributed by atoms with E-state index in [1.54, 1.807) is 0 Å². The van der Waals surface area contributed by atoms with Gasteiger partial charge in [-0.1, -0.05) is 0 Å². The van der Waals surface area contributed by atoms with Gasteiger partial charge in [-0.25, -0.2) is 9.59 Å². The molecule has 0 radical (unpaired) electrons. The highest BCUT2D eigenvalue weighted by atomic mass is 16.6. The molecule has 0 bridgehead atoms. The zero-order valence-corrected chi connectivity index (χ0v) is 6.20. The standard InChI is InChI=1S/C5H8O5.H3N/c1-9-2-3-10-5(8)4(6)7;/h2-3H2,1H3,(H,6,7);1H3. The Kier molecular flexibility index (Phi) is 7.94. The molecular weight excluding hydrogens is 154 g/mol. The molecule has 0 aromatic heterocycles. The molecule has 0 unspecified atom stereocenters. The molecule has 66 valence electrons. The maximum absolute atomic E-state index is 10.1. The lowest BCUT2D eigenvalue weighted by Crippen LogP contribution is -2.18. The minimum absolute atomic E-state index is 0. The molecule has 0 atom stereocenters. The minimum atomic E-state index is -1.59. The summed E-state index contributed by atoms with van der Waals surface area (Å²) < 4.78 is 8.68. The first-order valence-corrected chi connectivity index (χ1v) is 2.57. The molecule has 0 saturated heterocycles.